The summed E-state index contributed by atoms with van der Waals surface area (Å²) in [6, 6.07) is 5.86. The van der Waals surface area contributed by atoms with Gasteiger partial charge in [0.1, 0.15) is 11.9 Å². The first-order valence-electron chi connectivity index (χ1n) is 7.86. The summed E-state index contributed by atoms with van der Waals surface area (Å²) >= 11 is 0. The molecule has 0 aromatic heterocycles. The van der Waals surface area contributed by atoms with Crippen LogP contribution in [-0.4, -0.2) is 37.6 Å². The third kappa shape index (κ3) is 3.39. The lowest BCUT2D eigenvalue weighted by molar-refractivity contribution is -0.0997. The Kier molecular flexibility index (Phi) is 4.78. The van der Waals surface area contributed by atoms with Gasteiger partial charge >= 0.3 is 0 Å². The summed E-state index contributed by atoms with van der Waals surface area (Å²) in [7, 11) is 1.66. The highest BCUT2D eigenvalue weighted by atomic mass is 16.5. The van der Waals surface area contributed by atoms with E-state index in [1.165, 1.54) is 6.42 Å². The Balaban J connectivity index is 1.60. The number of aryl methyl sites for hydroxylation is 1. The van der Waals surface area contributed by atoms with E-state index in [-0.39, 0.29) is 12.2 Å². The summed E-state index contributed by atoms with van der Waals surface area (Å²) in [5.74, 6) is 0.843. The molecular formula is C17H24O4. The van der Waals surface area contributed by atoms with Crippen molar-refractivity contribution in [3.8, 4) is 5.75 Å². The molecule has 1 aliphatic carbocycles. The molecule has 1 aromatic rings. The monoisotopic (exact) mass is 292 g/mol. The van der Waals surface area contributed by atoms with Gasteiger partial charge in [0.2, 0.25) is 0 Å². The van der Waals surface area contributed by atoms with Gasteiger partial charge < -0.3 is 19.3 Å². The van der Waals surface area contributed by atoms with Crippen molar-refractivity contribution in [2.45, 2.75) is 50.4 Å². The van der Waals surface area contributed by atoms with Crippen molar-refractivity contribution in [1.82, 2.24) is 0 Å². The van der Waals surface area contributed by atoms with Crippen LogP contribution in [0.25, 0.3) is 0 Å². The number of methoxy groups -OCH3 is 1. The third-order valence-electron chi connectivity index (χ3n) is 4.49. The average molecular weight is 292 g/mol. The lowest BCUT2D eigenvalue weighted by Crippen LogP contribution is -2.33. The van der Waals surface area contributed by atoms with Crippen LogP contribution in [0.2, 0.25) is 0 Å². The SMILES string of the molecule is COc1ccc2c(c1)CCC(OCC1CCCCO1)C2O. The van der Waals surface area contributed by atoms with Gasteiger partial charge in [-0.1, -0.05) is 6.07 Å². The number of rotatable bonds is 4. The van der Waals surface area contributed by atoms with Gasteiger partial charge in [-0.25, -0.2) is 0 Å². The van der Waals surface area contributed by atoms with Gasteiger partial charge in [0.15, 0.2) is 0 Å². The van der Waals surface area contributed by atoms with Crippen LogP contribution in [0.3, 0.4) is 0 Å². The Morgan fingerprint density at radius 3 is 2.95 bits per heavy atom. The van der Waals surface area contributed by atoms with E-state index < -0.39 is 6.10 Å². The molecule has 3 rings (SSSR count). The molecule has 1 aromatic carbocycles. The van der Waals surface area contributed by atoms with Crippen LogP contribution in [0.4, 0.5) is 0 Å². The first kappa shape index (κ1) is 14.8. The van der Waals surface area contributed by atoms with E-state index in [0.29, 0.717) is 6.61 Å². The molecule has 0 amide bonds. The molecule has 1 heterocycles. The fraction of sp³-hybridized carbons (Fsp3) is 0.647. The van der Waals surface area contributed by atoms with Gasteiger partial charge in [-0.2, -0.15) is 0 Å². The first-order chi connectivity index (χ1) is 10.3. The maximum atomic E-state index is 10.5. The second-order valence-corrected chi connectivity index (χ2v) is 5.91. The predicted octanol–water partition coefficient (Wildman–Crippen LogP) is 2.63. The maximum absolute atomic E-state index is 10.5. The van der Waals surface area contributed by atoms with Gasteiger partial charge in [0.25, 0.3) is 0 Å². The molecule has 4 nitrogen and oxygen atoms in total. The van der Waals surface area contributed by atoms with Crippen LogP contribution in [0, 0.1) is 0 Å². The minimum atomic E-state index is -0.553. The molecule has 0 saturated carbocycles. The van der Waals surface area contributed by atoms with E-state index in [9.17, 15) is 5.11 Å². The van der Waals surface area contributed by atoms with Gasteiger partial charge in [-0.15, -0.1) is 0 Å². The van der Waals surface area contributed by atoms with Crippen LogP contribution in [-0.2, 0) is 15.9 Å². The van der Waals surface area contributed by atoms with E-state index in [4.69, 9.17) is 14.2 Å². The van der Waals surface area contributed by atoms with Crippen LogP contribution in [0.15, 0.2) is 18.2 Å². The molecule has 1 aliphatic heterocycles. The van der Waals surface area contributed by atoms with E-state index in [2.05, 4.69) is 0 Å². The second kappa shape index (κ2) is 6.77. The average Bonchev–Trinajstić information content (AvgIpc) is 2.55. The first-order valence-corrected chi connectivity index (χ1v) is 7.86. The summed E-state index contributed by atoms with van der Waals surface area (Å²) in [4.78, 5) is 0. The van der Waals surface area contributed by atoms with Crippen molar-refractivity contribution in [2.24, 2.45) is 0 Å². The summed E-state index contributed by atoms with van der Waals surface area (Å²) < 4.78 is 16.9. The molecular weight excluding hydrogens is 268 g/mol. The van der Waals surface area contributed by atoms with Crippen molar-refractivity contribution in [3.05, 3.63) is 29.3 Å². The zero-order chi connectivity index (χ0) is 14.7. The standard InChI is InChI=1S/C17H24O4/c1-19-13-6-7-15-12(10-13)5-8-16(17(15)18)21-11-14-4-2-3-9-20-14/h6-7,10,14,16-18H,2-5,8-9,11H2,1H3. The smallest absolute Gasteiger partial charge is 0.119 e. The molecule has 0 radical (unpaired) electrons. The Bertz CT molecular complexity index is 468. The quantitative estimate of drug-likeness (QED) is 0.927. The maximum Gasteiger partial charge on any atom is 0.119 e. The second-order valence-electron chi connectivity index (χ2n) is 5.91. The molecule has 0 bridgehead atoms. The molecule has 116 valence electrons. The van der Waals surface area contributed by atoms with Crippen LogP contribution < -0.4 is 4.74 Å². The molecule has 0 spiro atoms. The number of fused-ring (bicyclic) bond motifs is 1. The minimum absolute atomic E-state index is 0.128. The largest absolute Gasteiger partial charge is 0.497 e. The van der Waals surface area contributed by atoms with Crippen molar-refractivity contribution in [3.63, 3.8) is 0 Å². The van der Waals surface area contributed by atoms with Crippen molar-refractivity contribution >= 4 is 0 Å². The fourth-order valence-corrected chi connectivity index (χ4v) is 3.21. The number of hydrogen-bond donors (Lipinski definition) is 1. The van der Waals surface area contributed by atoms with Crippen LogP contribution in [0.5, 0.6) is 5.75 Å². The van der Waals surface area contributed by atoms with E-state index >= 15 is 0 Å². The third-order valence-corrected chi connectivity index (χ3v) is 4.49. The predicted molar refractivity (Wildman–Crippen MR) is 79.6 cm³/mol. The summed E-state index contributed by atoms with van der Waals surface area (Å²) in [6.07, 6.45) is 4.70. The molecule has 4 heteroatoms. The molecule has 3 atom stereocenters. The highest BCUT2D eigenvalue weighted by molar-refractivity contribution is 5.39. The number of ether oxygens (including phenoxy) is 3. The molecule has 2 aliphatic rings. The molecule has 21 heavy (non-hydrogen) atoms. The van der Waals surface area contributed by atoms with E-state index in [1.54, 1.807) is 7.11 Å². The molecule has 1 saturated heterocycles. The van der Waals surface area contributed by atoms with E-state index in [1.807, 2.05) is 18.2 Å². The zero-order valence-corrected chi connectivity index (χ0v) is 12.6. The molecule has 3 unspecified atom stereocenters. The Labute approximate surface area is 126 Å². The lowest BCUT2D eigenvalue weighted by Gasteiger charge is -2.32. The minimum Gasteiger partial charge on any atom is -0.497 e. The van der Waals surface area contributed by atoms with Gasteiger partial charge in [-0.3, -0.25) is 0 Å². The molecule has 1 N–H and O–H groups in total. The van der Waals surface area contributed by atoms with E-state index in [0.717, 1.165) is 49.2 Å². The zero-order valence-electron chi connectivity index (χ0n) is 12.6. The summed E-state index contributed by atoms with van der Waals surface area (Å²) in [5.41, 5.74) is 2.13. The normalized spacial score (nSPS) is 29.0. The topological polar surface area (TPSA) is 47.9 Å². The number of hydrogen-bond acceptors (Lipinski definition) is 4. The Morgan fingerprint density at radius 2 is 2.19 bits per heavy atom. The summed E-state index contributed by atoms with van der Waals surface area (Å²) in [6.45, 7) is 1.43. The Morgan fingerprint density at radius 1 is 1.29 bits per heavy atom. The number of benzene rings is 1. The fourth-order valence-electron chi connectivity index (χ4n) is 3.21. The Hall–Kier alpha value is -1.10. The van der Waals surface area contributed by atoms with Gasteiger partial charge in [-0.05, 0) is 55.4 Å². The van der Waals surface area contributed by atoms with Gasteiger partial charge in [0.05, 0.1) is 25.9 Å². The molecule has 1 fully saturated rings. The van der Waals surface area contributed by atoms with Crippen molar-refractivity contribution in [1.29, 1.82) is 0 Å². The number of aliphatic hydroxyl groups is 1. The van der Waals surface area contributed by atoms with Crippen molar-refractivity contribution < 1.29 is 19.3 Å². The highest BCUT2D eigenvalue weighted by Gasteiger charge is 2.29. The number of aliphatic hydroxyl groups excluding tert-OH is 1. The highest BCUT2D eigenvalue weighted by Crippen LogP contribution is 2.34. The van der Waals surface area contributed by atoms with Gasteiger partial charge in [0, 0.05) is 6.61 Å². The van der Waals surface area contributed by atoms with Crippen molar-refractivity contribution in [2.75, 3.05) is 20.3 Å². The lowest BCUT2D eigenvalue weighted by atomic mass is 9.87. The van der Waals surface area contributed by atoms with Crippen LogP contribution in [0.1, 0.15) is 42.9 Å². The van der Waals surface area contributed by atoms with Crippen LogP contribution >= 0.6 is 0 Å². The summed E-state index contributed by atoms with van der Waals surface area (Å²) in [5, 5.41) is 10.5.